The molecule has 3 rings (SSSR count). The lowest BCUT2D eigenvalue weighted by molar-refractivity contribution is -0.129. The highest BCUT2D eigenvalue weighted by atomic mass is 16.1. The van der Waals surface area contributed by atoms with E-state index in [1.807, 2.05) is 26.0 Å². The molecule has 22 heavy (non-hydrogen) atoms. The third-order valence-electron chi connectivity index (χ3n) is 5.41. The molecular weight excluding hydrogens is 270 g/mol. The molecule has 0 fully saturated rings. The summed E-state index contributed by atoms with van der Waals surface area (Å²) in [5.74, 6) is 0.242. The molecule has 0 saturated heterocycles. The largest absolute Gasteiger partial charge is 0.293 e. The standard InChI is InChI=1S/C20H21NO/c1-19(2)17-10-9-15(14-7-5-4-6-8-14)11-20(17,3)12-16(13-21)18(19)22/h4-9,12,17H,10-11H2,1-3H3. The van der Waals surface area contributed by atoms with E-state index in [4.69, 9.17) is 0 Å². The van der Waals surface area contributed by atoms with Crippen LogP contribution in [-0.2, 0) is 4.79 Å². The molecule has 112 valence electrons. The monoisotopic (exact) mass is 291 g/mol. The molecule has 0 spiro atoms. The summed E-state index contributed by atoms with van der Waals surface area (Å²) in [6.07, 6.45) is 5.97. The van der Waals surface area contributed by atoms with Gasteiger partial charge in [0.2, 0.25) is 0 Å². The van der Waals surface area contributed by atoms with Gasteiger partial charge in [0.05, 0.1) is 5.57 Å². The Morgan fingerprint density at radius 2 is 1.86 bits per heavy atom. The van der Waals surface area contributed by atoms with Crippen LogP contribution < -0.4 is 0 Å². The topological polar surface area (TPSA) is 40.9 Å². The molecule has 1 aromatic carbocycles. The average molecular weight is 291 g/mol. The first-order valence-corrected chi connectivity index (χ1v) is 7.81. The van der Waals surface area contributed by atoms with Crippen molar-refractivity contribution in [3.63, 3.8) is 0 Å². The van der Waals surface area contributed by atoms with Crippen molar-refractivity contribution in [3.8, 4) is 6.07 Å². The van der Waals surface area contributed by atoms with E-state index in [1.165, 1.54) is 11.1 Å². The predicted octanol–water partition coefficient (Wildman–Crippen LogP) is 4.55. The molecule has 0 N–H and O–H groups in total. The van der Waals surface area contributed by atoms with Crippen molar-refractivity contribution in [3.05, 3.63) is 53.6 Å². The first-order chi connectivity index (χ1) is 10.4. The third kappa shape index (κ3) is 2.13. The van der Waals surface area contributed by atoms with Gasteiger partial charge in [0, 0.05) is 5.41 Å². The van der Waals surface area contributed by atoms with E-state index in [9.17, 15) is 10.1 Å². The maximum atomic E-state index is 12.5. The van der Waals surface area contributed by atoms with E-state index in [2.05, 4.69) is 43.3 Å². The van der Waals surface area contributed by atoms with Crippen molar-refractivity contribution in [1.29, 1.82) is 5.26 Å². The lowest BCUT2D eigenvalue weighted by atomic mass is 9.52. The van der Waals surface area contributed by atoms with Gasteiger partial charge in [-0.2, -0.15) is 5.26 Å². The summed E-state index contributed by atoms with van der Waals surface area (Å²) in [4.78, 5) is 12.5. The molecule has 2 nitrogen and oxygen atoms in total. The van der Waals surface area contributed by atoms with E-state index in [0.717, 1.165) is 12.8 Å². The zero-order chi connectivity index (χ0) is 16.0. The molecule has 2 aliphatic rings. The number of rotatable bonds is 1. The molecule has 1 aromatic rings. The Morgan fingerprint density at radius 3 is 2.50 bits per heavy atom. The Kier molecular flexibility index (Phi) is 3.33. The molecular formula is C20H21NO. The number of carbonyl (C=O) groups excluding carboxylic acids is 1. The number of ketones is 1. The minimum Gasteiger partial charge on any atom is -0.293 e. The Labute approximate surface area is 132 Å². The molecule has 0 radical (unpaired) electrons. The lowest BCUT2D eigenvalue weighted by Gasteiger charge is -2.49. The van der Waals surface area contributed by atoms with Crippen LogP contribution in [0.15, 0.2) is 48.1 Å². The highest BCUT2D eigenvalue weighted by Gasteiger charge is 2.52. The second-order valence-corrected chi connectivity index (χ2v) is 7.29. The Balaban J connectivity index is 2.06. The van der Waals surface area contributed by atoms with E-state index >= 15 is 0 Å². The molecule has 0 saturated carbocycles. The van der Waals surface area contributed by atoms with E-state index < -0.39 is 5.41 Å². The minimum atomic E-state index is -0.479. The number of nitriles is 1. The molecule has 2 heteroatoms. The van der Waals surface area contributed by atoms with Gasteiger partial charge in [-0.3, -0.25) is 4.79 Å². The number of allylic oxidation sites excluding steroid dienone is 4. The van der Waals surface area contributed by atoms with Crippen molar-refractivity contribution in [2.24, 2.45) is 16.7 Å². The second kappa shape index (κ2) is 4.95. The fourth-order valence-electron chi connectivity index (χ4n) is 4.26. The van der Waals surface area contributed by atoms with Crippen LogP contribution in [0.5, 0.6) is 0 Å². The van der Waals surface area contributed by atoms with Gasteiger partial charge in [-0.05, 0) is 35.3 Å². The average Bonchev–Trinajstić information content (AvgIpc) is 2.51. The van der Waals surface area contributed by atoms with Crippen molar-refractivity contribution in [2.75, 3.05) is 0 Å². The lowest BCUT2D eigenvalue weighted by Crippen LogP contribution is -2.47. The first-order valence-electron chi connectivity index (χ1n) is 7.81. The zero-order valence-electron chi connectivity index (χ0n) is 13.4. The SMILES string of the molecule is CC12C=C(C#N)C(=O)C(C)(C)C1CC=C(c1ccccc1)C2. The summed E-state index contributed by atoms with van der Waals surface area (Å²) in [5, 5.41) is 9.33. The first kappa shape index (κ1) is 14.8. The Morgan fingerprint density at radius 1 is 1.18 bits per heavy atom. The van der Waals surface area contributed by atoms with Gasteiger partial charge in [0.15, 0.2) is 5.78 Å². The number of carbonyl (C=O) groups is 1. The molecule has 2 atom stereocenters. The number of hydrogen-bond acceptors (Lipinski definition) is 2. The van der Waals surface area contributed by atoms with E-state index in [1.54, 1.807) is 0 Å². The van der Waals surface area contributed by atoms with Gasteiger partial charge >= 0.3 is 0 Å². The number of fused-ring (bicyclic) bond motifs is 1. The van der Waals surface area contributed by atoms with Gasteiger partial charge in [0.25, 0.3) is 0 Å². The van der Waals surface area contributed by atoms with Crippen LogP contribution in [-0.4, -0.2) is 5.78 Å². The second-order valence-electron chi connectivity index (χ2n) is 7.29. The Bertz CT molecular complexity index is 718. The van der Waals surface area contributed by atoms with Crippen LogP contribution in [0.3, 0.4) is 0 Å². The summed E-state index contributed by atoms with van der Waals surface area (Å²) in [5.41, 5.74) is 2.27. The van der Waals surface area contributed by atoms with Gasteiger partial charge in [0.1, 0.15) is 6.07 Å². The summed E-state index contributed by atoms with van der Waals surface area (Å²) < 4.78 is 0. The molecule has 0 bridgehead atoms. The number of benzene rings is 1. The van der Waals surface area contributed by atoms with E-state index in [-0.39, 0.29) is 17.1 Å². The molecule has 0 aromatic heterocycles. The van der Waals surface area contributed by atoms with Crippen molar-refractivity contribution < 1.29 is 4.79 Å². The number of Topliss-reactive ketones (excluding diaryl/α,β-unsaturated/α-hetero) is 1. The van der Waals surface area contributed by atoms with Crippen molar-refractivity contribution >= 4 is 11.4 Å². The van der Waals surface area contributed by atoms with Crippen LogP contribution in [0.1, 0.15) is 39.2 Å². The van der Waals surface area contributed by atoms with Crippen LogP contribution in [0.2, 0.25) is 0 Å². The molecule has 2 unspecified atom stereocenters. The van der Waals surface area contributed by atoms with Crippen LogP contribution in [0, 0.1) is 28.1 Å². The maximum absolute atomic E-state index is 12.5. The third-order valence-corrected chi connectivity index (χ3v) is 5.41. The summed E-state index contributed by atoms with van der Waals surface area (Å²) >= 11 is 0. The summed E-state index contributed by atoms with van der Waals surface area (Å²) in [6, 6.07) is 12.5. The number of hydrogen-bond donors (Lipinski definition) is 0. The fourth-order valence-corrected chi connectivity index (χ4v) is 4.26. The predicted molar refractivity (Wildman–Crippen MR) is 87.7 cm³/mol. The van der Waals surface area contributed by atoms with Crippen LogP contribution in [0.4, 0.5) is 0 Å². The molecule has 2 aliphatic carbocycles. The van der Waals surface area contributed by atoms with Gasteiger partial charge in [-0.25, -0.2) is 0 Å². The van der Waals surface area contributed by atoms with Crippen LogP contribution >= 0.6 is 0 Å². The van der Waals surface area contributed by atoms with Gasteiger partial charge in [-0.1, -0.05) is 63.3 Å². The van der Waals surface area contributed by atoms with Crippen molar-refractivity contribution in [1.82, 2.24) is 0 Å². The van der Waals surface area contributed by atoms with Gasteiger partial charge in [-0.15, -0.1) is 0 Å². The van der Waals surface area contributed by atoms with Crippen molar-refractivity contribution in [2.45, 2.75) is 33.6 Å². The zero-order valence-corrected chi connectivity index (χ0v) is 13.4. The summed E-state index contributed by atoms with van der Waals surface area (Å²) in [7, 11) is 0. The number of nitrogens with zero attached hydrogens (tertiary/aromatic N) is 1. The normalized spacial score (nSPS) is 29.9. The highest BCUT2D eigenvalue weighted by Crippen LogP contribution is 2.55. The van der Waals surface area contributed by atoms with Gasteiger partial charge < -0.3 is 0 Å². The Hall–Kier alpha value is -2.14. The molecule has 0 amide bonds. The maximum Gasteiger partial charge on any atom is 0.178 e. The van der Waals surface area contributed by atoms with Crippen LogP contribution in [0.25, 0.3) is 5.57 Å². The quantitative estimate of drug-likeness (QED) is 0.762. The highest BCUT2D eigenvalue weighted by molar-refractivity contribution is 6.04. The molecule has 0 heterocycles. The molecule has 0 aliphatic heterocycles. The smallest absolute Gasteiger partial charge is 0.178 e. The minimum absolute atomic E-state index is 0.00552. The fraction of sp³-hybridized carbons (Fsp3) is 0.400. The summed E-state index contributed by atoms with van der Waals surface area (Å²) in [6.45, 7) is 6.17. The van der Waals surface area contributed by atoms with E-state index in [0.29, 0.717) is 5.57 Å².